The van der Waals surface area contributed by atoms with Crippen molar-refractivity contribution in [3.8, 4) is 0 Å². The van der Waals surface area contributed by atoms with Gasteiger partial charge in [-0.05, 0) is 48.5 Å². The molecule has 1 aliphatic heterocycles. The Hall–Kier alpha value is -1.77. The minimum Gasteiger partial charge on any atom is -0.336 e. The van der Waals surface area contributed by atoms with Gasteiger partial charge in [-0.2, -0.15) is 4.31 Å². The number of halogens is 2. The molecule has 2 aromatic carbocycles. The Bertz CT molecular complexity index is 862. The SMILES string of the molecule is O=C(c1ccc(Br)cc1)N1CCN(S(=O)(=O)c2ccc(F)cc2)CC1. The number of hydrogen-bond acceptors (Lipinski definition) is 3. The highest BCUT2D eigenvalue weighted by molar-refractivity contribution is 9.10. The molecule has 0 aliphatic carbocycles. The molecule has 1 heterocycles. The largest absolute Gasteiger partial charge is 0.336 e. The second kappa shape index (κ2) is 7.23. The summed E-state index contributed by atoms with van der Waals surface area (Å²) < 4.78 is 40.4. The van der Waals surface area contributed by atoms with Crippen LogP contribution in [0.3, 0.4) is 0 Å². The van der Waals surface area contributed by atoms with Crippen molar-refractivity contribution >= 4 is 31.9 Å². The van der Waals surface area contributed by atoms with Crippen molar-refractivity contribution in [2.75, 3.05) is 26.2 Å². The van der Waals surface area contributed by atoms with Crippen molar-refractivity contribution < 1.29 is 17.6 Å². The van der Waals surface area contributed by atoms with E-state index in [0.29, 0.717) is 18.7 Å². The molecule has 3 rings (SSSR count). The molecule has 0 aromatic heterocycles. The predicted molar refractivity (Wildman–Crippen MR) is 95.2 cm³/mol. The number of hydrogen-bond donors (Lipinski definition) is 0. The second-order valence-corrected chi connectivity index (χ2v) is 8.51. The summed E-state index contributed by atoms with van der Waals surface area (Å²) in [5, 5.41) is 0. The first-order valence-corrected chi connectivity index (χ1v) is 9.92. The molecular formula is C17H16BrFN2O3S. The van der Waals surface area contributed by atoms with Gasteiger partial charge in [0.1, 0.15) is 5.82 Å². The lowest BCUT2D eigenvalue weighted by molar-refractivity contribution is 0.0698. The van der Waals surface area contributed by atoms with Crippen molar-refractivity contribution in [1.29, 1.82) is 0 Å². The highest BCUT2D eigenvalue weighted by atomic mass is 79.9. The van der Waals surface area contributed by atoms with Crippen LogP contribution in [0.1, 0.15) is 10.4 Å². The van der Waals surface area contributed by atoms with Crippen LogP contribution in [0.25, 0.3) is 0 Å². The highest BCUT2D eigenvalue weighted by Gasteiger charge is 2.30. The monoisotopic (exact) mass is 426 g/mol. The maximum atomic E-state index is 13.0. The van der Waals surface area contributed by atoms with E-state index in [1.54, 1.807) is 29.2 Å². The molecular weight excluding hydrogens is 411 g/mol. The predicted octanol–water partition coefficient (Wildman–Crippen LogP) is 2.73. The molecule has 8 heteroatoms. The Labute approximate surface area is 154 Å². The van der Waals surface area contributed by atoms with Crippen LogP contribution in [0.5, 0.6) is 0 Å². The lowest BCUT2D eigenvalue weighted by Crippen LogP contribution is -2.50. The molecule has 0 saturated carbocycles. The van der Waals surface area contributed by atoms with Crippen LogP contribution in [0.15, 0.2) is 57.9 Å². The van der Waals surface area contributed by atoms with Gasteiger partial charge in [-0.15, -0.1) is 0 Å². The van der Waals surface area contributed by atoms with Gasteiger partial charge in [0, 0.05) is 36.2 Å². The van der Waals surface area contributed by atoms with E-state index in [4.69, 9.17) is 0 Å². The van der Waals surface area contributed by atoms with Crippen molar-refractivity contribution in [1.82, 2.24) is 9.21 Å². The number of rotatable bonds is 3. The van der Waals surface area contributed by atoms with Crippen LogP contribution in [-0.4, -0.2) is 49.7 Å². The summed E-state index contributed by atoms with van der Waals surface area (Å²) in [6.07, 6.45) is 0. The van der Waals surface area contributed by atoms with E-state index in [0.717, 1.165) is 16.6 Å². The Morgan fingerprint density at radius 3 is 2.04 bits per heavy atom. The number of piperazine rings is 1. The van der Waals surface area contributed by atoms with Gasteiger partial charge in [-0.1, -0.05) is 15.9 Å². The first kappa shape index (κ1) is 18.0. The average Bonchev–Trinajstić information content (AvgIpc) is 2.62. The lowest BCUT2D eigenvalue weighted by atomic mass is 10.2. The van der Waals surface area contributed by atoms with Gasteiger partial charge in [0.25, 0.3) is 5.91 Å². The quantitative estimate of drug-likeness (QED) is 0.757. The summed E-state index contributed by atoms with van der Waals surface area (Å²) in [5.41, 5.74) is 0.568. The molecule has 0 bridgehead atoms. The molecule has 132 valence electrons. The van der Waals surface area contributed by atoms with Gasteiger partial charge >= 0.3 is 0 Å². The summed E-state index contributed by atoms with van der Waals surface area (Å²) in [7, 11) is -3.68. The summed E-state index contributed by atoms with van der Waals surface area (Å²) >= 11 is 3.33. The van der Waals surface area contributed by atoms with E-state index >= 15 is 0 Å². The summed E-state index contributed by atoms with van der Waals surface area (Å²) in [6, 6.07) is 11.8. The third-order valence-corrected chi connectivity index (χ3v) is 6.51. The topological polar surface area (TPSA) is 57.7 Å². The van der Waals surface area contributed by atoms with Crippen LogP contribution < -0.4 is 0 Å². The fraction of sp³-hybridized carbons (Fsp3) is 0.235. The number of benzene rings is 2. The van der Waals surface area contributed by atoms with Crippen LogP contribution in [0.4, 0.5) is 4.39 Å². The number of carbonyl (C=O) groups is 1. The molecule has 1 fully saturated rings. The Morgan fingerprint density at radius 1 is 0.920 bits per heavy atom. The molecule has 5 nitrogen and oxygen atoms in total. The smallest absolute Gasteiger partial charge is 0.253 e. The van der Waals surface area contributed by atoms with E-state index < -0.39 is 15.8 Å². The van der Waals surface area contributed by atoms with Crippen LogP contribution in [0.2, 0.25) is 0 Å². The van der Waals surface area contributed by atoms with Gasteiger partial charge in [0.15, 0.2) is 0 Å². The first-order valence-electron chi connectivity index (χ1n) is 7.68. The van der Waals surface area contributed by atoms with Crippen molar-refractivity contribution in [3.05, 3.63) is 64.4 Å². The third-order valence-electron chi connectivity index (χ3n) is 4.07. The minimum atomic E-state index is -3.68. The van der Waals surface area contributed by atoms with Crippen LogP contribution >= 0.6 is 15.9 Å². The van der Waals surface area contributed by atoms with E-state index in [2.05, 4.69) is 15.9 Å². The lowest BCUT2D eigenvalue weighted by Gasteiger charge is -2.34. The van der Waals surface area contributed by atoms with Crippen LogP contribution in [-0.2, 0) is 10.0 Å². The van der Waals surface area contributed by atoms with Crippen LogP contribution in [0, 0.1) is 5.82 Å². The molecule has 0 unspecified atom stereocenters. The van der Waals surface area contributed by atoms with E-state index in [-0.39, 0.29) is 23.9 Å². The van der Waals surface area contributed by atoms with Crippen molar-refractivity contribution in [2.45, 2.75) is 4.90 Å². The molecule has 25 heavy (non-hydrogen) atoms. The second-order valence-electron chi connectivity index (χ2n) is 5.66. The zero-order valence-corrected chi connectivity index (χ0v) is 15.6. The maximum absolute atomic E-state index is 13.0. The zero-order valence-electron chi connectivity index (χ0n) is 13.2. The van der Waals surface area contributed by atoms with E-state index in [9.17, 15) is 17.6 Å². The number of amides is 1. The minimum absolute atomic E-state index is 0.0570. The molecule has 1 aliphatic rings. The summed E-state index contributed by atoms with van der Waals surface area (Å²) in [6.45, 7) is 1.05. The van der Waals surface area contributed by atoms with Gasteiger partial charge < -0.3 is 4.90 Å². The molecule has 1 amide bonds. The Balaban J connectivity index is 1.68. The highest BCUT2D eigenvalue weighted by Crippen LogP contribution is 2.19. The number of sulfonamides is 1. The number of carbonyl (C=O) groups excluding carboxylic acids is 1. The molecule has 0 radical (unpaired) electrons. The van der Waals surface area contributed by atoms with Crippen molar-refractivity contribution in [2.24, 2.45) is 0 Å². The fourth-order valence-electron chi connectivity index (χ4n) is 2.66. The van der Waals surface area contributed by atoms with Gasteiger partial charge in [0.2, 0.25) is 10.0 Å². The number of nitrogens with zero attached hydrogens (tertiary/aromatic N) is 2. The molecule has 1 saturated heterocycles. The third kappa shape index (κ3) is 3.91. The molecule has 2 aromatic rings. The van der Waals surface area contributed by atoms with E-state index in [1.807, 2.05) is 0 Å². The molecule has 0 atom stereocenters. The maximum Gasteiger partial charge on any atom is 0.253 e. The fourth-order valence-corrected chi connectivity index (χ4v) is 4.35. The first-order chi connectivity index (χ1) is 11.9. The molecule has 0 N–H and O–H groups in total. The zero-order chi connectivity index (χ0) is 18.0. The normalized spacial score (nSPS) is 16.0. The average molecular weight is 427 g/mol. The Morgan fingerprint density at radius 2 is 1.48 bits per heavy atom. The standard InChI is InChI=1S/C17H16BrFN2O3S/c18-14-3-1-13(2-4-14)17(22)20-9-11-21(12-10-20)25(23,24)16-7-5-15(19)6-8-16/h1-8H,9-12H2. The van der Waals surface area contributed by atoms with Crippen molar-refractivity contribution in [3.63, 3.8) is 0 Å². The summed E-state index contributed by atoms with van der Waals surface area (Å²) in [4.78, 5) is 14.2. The van der Waals surface area contributed by atoms with Gasteiger partial charge in [0.05, 0.1) is 4.90 Å². The summed E-state index contributed by atoms with van der Waals surface area (Å²) in [5.74, 6) is -0.602. The van der Waals surface area contributed by atoms with E-state index in [1.165, 1.54) is 16.4 Å². The van der Waals surface area contributed by atoms with Gasteiger partial charge in [-0.3, -0.25) is 4.79 Å². The Kier molecular flexibility index (Phi) is 5.21. The molecule has 0 spiro atoms. The van der Waals surface area contributed by atoms with Gasteiger partial charge in [-0.25, -0.2) is 12.8 Å².